The zero-order valence-corrected chi connectivity index (χ0v) is 10.7. The number of carboxylic acids is 1. The fraction of sp³-hybridized carbons (Fsp3) is 0.444. The first kappa shape index (κ1) is 13.4. The van der Waals surface area contributed by atoms with Crippen LogP contribution in [0.2, 0.25) is 0 Å². The Balaban J connectivity index is 2.38. The molecule has 0 aromatic carbocycles. The van der Waals surface area contributed by atoms with E-state index in [1.807, 2.05) is 0 Å². The summed E-state index contributed by atoms with van der Waals surface area (Å²) in [4.78, 5) is 10.3. The molecule has 1 saturated heterocycles. The zero-order valence-electron chi connectivity index (χ0n) is 9.05. The third-order valence-electron chi connectivity index (χ3n) is 2.67. The maximum atomic E-state index is 12.2. The first-order valence-electron chi connectivity index (χ1n) is 5.01. The molecule has 0 aliphatic carbocycles. The Kier molecular flexibility index (Phi) is 3.43. The van der Waals surface area contributed by atoms with Gasteiger partial charge in [-0.1, -0.05) is 0 Å². The van der Waals surface area contributed by atoms with Crippen molar-refractivity contribution in [1.82, 2.24) is 4.31 Å². The predicted molar refractivity (Wildman–Crippen MR) is 62.1 cm³/mol. The molecule has 0 amide bonds. The number of aromatic carboxylic acids is 1. The van der Waals surface area contributed by atoms with Gasteiger partial charge in [0.15, 0.2) is 0 Å². The molecular weight excluding hydrogens is 282 g/mol. The summed E-state index contributed by atoms with van der Waals surface area (Å²) >= 11 is 0.815. The van der Waals surface area contributed by atoms with E-state index >= 15 is 0 Å². The summed E-state index contributed by atoms with van der Waals surface area (Å²) in [5.41, 5.74) is 0. The highest BCUT2D eigenvalue weighted by atomic mass is 32.2. The molecule has 3 N–H and O–H groups in total. The van der Waals surface area contributed by atoms with Gasteiger partial charge < -0.3 is 15.3 Å². The SMILES string of the molecule is O=C(O)c1sccc1S(=O)(=O)N1C[C@@H](O)[C@@H](O)C1. The van der Waals surface area contributed by atoms with Crippen molar-refractivity contribution in [2.75, 3.05) is 13.1 Å². The molecule has 2 atom stereocenters. The van der Waals surface area contributed by atoms with Crippen LogP contribution in [0.15, 0.2) is 16.3 Å². The lowest BCUT2D eigenvalue weighted by Gasteiger charge is -2.14. The van der Waals surface area contributed by atoms with Crippen LogP contribution in [0.5, 0.6) is 0 Å². The van der Waals surface area contributed by atoms with E-state index in [0.29, 0.717) is 0 Å². The van der Waals surface area contributed by atoms with Crippen molar-refractivity contribution in [3.8, 4) is 0 Å². The van der Waals surface area contributed by atoms with Crippen LogP contribution >= 0.6 is 11.3 Å². The standard InChI is InChI=1S/C9H11NO6S2/c11-5-3-10(4-6(5)12)18(15,16)7-1-2-17-8(7)9(13)14/h1-2,5-6,11-12H,3-4H2,(H,13,14)/t5-,6+. The summed E-state index contributed by atoms with van der Waals surface area (Å²) in [5.74, 6) is -1.32. The fourth-order valence-electron chi connectivity index (χ4n) is 1.73. The summed E-state index contributed by atoms with van der Waals surface area (Å²) in [6, 6.07) is 1.21. The van der Waals surface area contributed by atoms with Crippen LogP contribution in [0.4, 0.5) is 0 Å². The number of hydrogen-bond acceptors (Lipinski definition) is 6. The molecule has 1 fully saturated rings. The molecule has 7 nitrogen and oxygen atoms in total. The monoisotopic (exact) mass is 293 g/mol. The van der Waals surface area contributed by atoms with Crippen LogP contribution < -0.4 is 0 Å². The second-order valence-electron chi connectivity index (χ2n) is 3.88. The van der Waals surface area contributed by atoms with E-state index in [4.69, 9.17) is 5.11 Å². The molecule has 0 saturated carbocycles. The van der Waals surface area contributed by atoms with Crippen molar-refractivity contribution in [3.05, 3.63) is 16.3 Å². The summed E-state index contributed by atoms with van der Waals surface area (Å²) in [5, 5.41) is 28.9. The lowest BCUT2D eigenvalue weighted by molar-refractivity contribution is 0.0572. The molecule has 100 valence electrons. The molecule has 0 bridgehead atoms. The second-order valence-corrected chi connectivity index (χ2v) is 6.70. The van der Waals surface area contributed by atoms with Gasteiger partial charge in [0, 0.05) is 13.1 Å². The normalized spacial score (nSPS) is 25.4. The second kappa shape index (κ2) is 4.59. The van der Waals surface area contributed by atoms with E-state index < -0.39 is 28.2 Å². The van der Waals surface area contributed by atoms with Gasteiger partial charge in [0.1, 0.15) is 9.77 Å². The van der Waals surface area contributed by atoms with Crippen molar-refractivity contribution < 1.29 is 28.5 Å². The number of carboxylic acid groups (broad SMARTS) is 1. The van der Waals surface area contributed by atoms with Gasteiger partial charge in [-0.3, -0.25) is 0 Å². The molecular formula is C9H11NO6S2. The minimum Gasteiger partial charge on any atom is -0.477 e. The average molecular weight is 293 g/mol. The van der Waals surface area contributed by atoms with E-state index in [0.717, 1.165) is 15.6 Å². The number of sulfonamides is 1. The first-order valence-corrected chi connectivity index (χ1v) is 7.33. The number of β-amino-alcohol motifs (C(OH)–C–C–N with tert-alkyl or cyclic N) is 2. The van der Waals surface area contributed by atoms with Crippen LogP contribution in [0.1, 0.15) is 9.67 Å². The van der Waals surface area contributed by atoms with Gasteiger partial charge in [-0.05, 0) is 11.4 Å². The highest BCUT2D eigenvalue weighted by Gasteiger charge is 2.39. The lowest BCUT2D eigenvalue weighted by Crippen LogP contribution is -2.30. The van der Waals surface area contributed by atoms with E-state index in [9.17, 15) is 23.4 Å². The molecule has 1 aromatic rings. The molecule has 1 aromatic heterocycles. The van der Waals surface area contributed by atoms with Crippen LogP contribution in [0.3, 0.4) is 0 Å². The highest BCUT2D eigenvalue weighted by Crippen LogP contribution is 2.27. The Labute approximate surface area is 107 Å². The Morgan fingerprint density at radius 2 is 1.89 bits per heavy atom. The van der Waals surface area contributed by atoms with Gasteiger partial charge in [0.2, 0.25) is 10.0 Å². The number of nitrogens with zero attached hydrogens (tertiary/aromatic N) is 1. The number of hydrogen-bond donors (Lipinski definition) is 3. The quantitative estimate of drug-likeness (QED) is 0.670. The third-order valence-corrected chi connectivity index (χ3v) is 5.57. The van der Waals surface area contributed by atoms with Crippen LogP contribution in [-0.2, 0) is 10.0 Å². The Morgan fingerprint density at radius 3 is 2.39 bits per heavy atom. The molecule has 2 rings (SSSR count). The highest BCUT2D eigenvalue weighted by molar-refractivity contribution is 7.89. The number of aliphatic hydroxyl groups is 2. The molecule has 0 unspecified atom stereocenters. The molecule has 9 heteroatoms. The Morgan fingerprint density at radius 1 is 1.33 bits per heavy atom. The van der Waals surface area contributed by atoms with Gasteiger partial charge in [-0.15, -0.1) is 11.3 Å². The van der Waals surface area contributed by atoms with Crippen molar-refractivity contribution in [2.45, 2.75) is 17.1 Å². The predicted octanol–water partition coefficient (Wildman–Crippen LogP) is -0.828. The number of carbonyl (C=O) groups is 1. The largest absolute Gasteiger partial charge is 0.477 e. The maximum absolute atomic E-state index is 12.2. The first-order chi connectivity index (χ1) is 8.34. The van der Waals surface area contributed by atoms with E-state index in [2.05, 4.69) is 0 Å². The molecule has 0 spiro atoms. The smallest absolute Gasteiger partial charge is 0.347 e. The Hall–Kier alpha value is -1.00. The van der Waals surface area contributed by atoms with Crippen molar-refractivity contribution in [3.63, 3.8) is 0 Å². The molecule has 1 aliphatic rings. The van der Waals surface area contributed by atoms with Crippen LogP contribution in [-0.4, -0.2) is 59.3 Å². The van der Waals surface area contributed by atoms with E-state index in [1.54, 1.807) is 0 Å². The van der Waals surface area contributed by atoms with Crippen molar-refractivity contribution in [2.24, 2.45) is 0 Å². The molecule has 2 heterocycles. The minimum absolute atomic E-state index is 0.238. The summed E-state index contributed by atoms with van der Waals surface area (Å²) in [7, 11) is -3.99. The summed E-state index contributed by atoms with van der Waals surface area (Å²) in [6.07, 6.45) is -2.29. The van der Waals surface area contributed by atoms with Crippen molar-refractivity contribution in [1.29, 1.82) is 0 Å². The maximum Gasteiger partial charge on any atom is 0.347 e. The van der Waals surface area contributed by atoms with Gasteiger partial charge >= 0.3 is 5.97 Å². The molecule has 0 radical (unpaired) electrons. The topological polar surface area (TPSA) is 115 Å². The fourth-order valence-corrected chi connectivity index (χ4v) is 4.44. The Bertz CT molecular complexity index is 555. The van der Waals surface area contributed by atoms with Gasteiger partial charge in [-0.2, -0.15) is 4.31 Å². The minimum atomic E-state index is -3.99. The van der Waals surface area contributed by atoms with Gasteiger partial charge in [0.25, 0.3) is 0 Å². The van der Waals surface area contributed by atoms with Gasteiger partial charge in [0.05, 0.1) is 12.2 Å². The zero-order chi connectivity index (χ0) is 13.5. The van der Waals surface area contributed by atoms with Gasteiger partial charge in [-0.25, -0.2) is 13.2 Å². The average Bonchev–Trinajstić information content (AvgIpc) is 2.87. The van der Waals surface area contributed by atoms with Crippen molar-refractivity contribution >= 4 is 27.3 Å². The van der Waals surface area contributed by atoms with Crippen LogP contribution in [0, 0.1) is 0 Å². The summed E-state index contributed by atoms with van der Waals surface area (Å²) < 4.78 is 25.2. The summed E-state index contributed by atoms with van der Waals surface area (Å²) in [6.45, 7) is -0.475. The molecule has 18 heavy (non-hydrogen) atoms. The number of thiophene rings is 1. The van der Waals surface area contributed by atoms with Crippen LogP contribution in [0.25, 0.3) is 0 Å². The van der Waals surface area contributed by atoms with E-state index in [-0.39, 0.29) is 22.9 Å². The van der Waals surface area contributed by atoms with E-state index in [1.165, 1.54) is 11.4 Å². The number of aliphatic hydroxyl groups excluding tert-OH is 2. The lowest BCUT2D eigenvalue weighted by atomic mass is 10.3. The molecule has 1 aliphatic heterocycles. The number of rotatable bonds is 3. The third kappa shape index (κ3) is 2.15.